The van der Waals surface area contributed by atoms with Gasteiger partial charge in [0.2, 0.25) is 0 Å². The number of nitrogens with one attached hydrogen (secondary N) is 4. The Morgan fingerprint density at radius 1 is 1.26 bits per heavy atom. The number of pyridine rings is 2. The number of hydrazine groups is 2. The SMILES string of the molecule is C#Cc1cnc2c(Cl)cc(N[C@H](C3=CN(C4(C(F)F)CC4)NN3)c3cccnc3)cc2c1NCC(C)(C)C. The van der Waals surface area contributed by atoms with Gasteiger partial charge in [0.05, 0.1) is 33.5 Å². The Kier molecular flexibility index (Phi) is 6.80. The number of rotatable bonds is 8. The summed E-state index contributed by atoms with van der Waals surface area (Å²) in [6.45, 7) is 7.10. The van der Waals surface area contributed by atoms with E-state index < -0.39 is 18.0 Å². The summed E-state index contributed by atoms with van der Waals surface area (Å²) >= 11 is 6.71. The van der Waals surface area contributed by atoms with Crippen LogP contribution in [0.2, 0.25) is 5.02 Å². The van der Waals surface area contributed by atoms with Gasteiger partial charge in [0.25, 0.3) is 6.43 Å². The Labute approximate surface area is 226 Å². The molecule has 1 aliphatic heterocycles. The van der Waals surface area contributed by atoms with Crippen LogP contribution in [-0.2, 0) is 0 Å². The lowest BCUT2D eigenvalue weighted by molar-refractivity contribution is 0.00911. The second-order valence-electron chi connectivity index (χ2n) is 10.9. The van der Waals surface area contributed by atoms with Gasteiger partial charge in [0.1, 0.15) is 5.54 Å². The second kappa shape index (κ2) is 9.93. The molecular formula is C28H30ClF2N7. The van der Waals surface area contributed by atoms with E-state index in [2.05, 4.69) is 58.3 Å². The molecule has 4 N–H and O–H groups in total. The molecule has 0 bridgehead atoms. The van der Waals surface area contributed by atoms with Crippen molar-refractivity contribution < 1.29 is 8.78 Å². The Morgan fingerprint density at radius 3 is 2.68 bits per heavy atom. The lowest BCUT2D eigenvalue weighted by Crippen LogP contribution is -2.48. The van der Waals surface area contributed by atoms with Crippen molar-refractivity contribution in [3.05, 3.63) is 70.9 Å². The molecule has 2 aromatic heterocycles. The van der Waals surface area contributed by atoms with Crippen molar-refractivity contribution in [3.8, 4) is 12.3 Å². The van der Waals surface area contributed by atoms with Gasteiger partial charge in [-0.15, -0.1) is 12.0 Å². The third-order valence-electron chi connectivity index (χ3n) is 6.75. The predicted octanol–water partition coefficient (Wildman–Crippen LogP) is 5.84. The summed E-state index contributed by atoms with van der Waals surface area (Å²) in [6, 6.07) is 7.07. The summed E-state index contributed by atoms with van der Waals surface area (Å²) in [6.07, 6.45) is 10.9. The maximum atomic E-state index is 13.7. The minimum absolute atomic E-state index is 0.0170. The number of terminal acetylenes is 1. The van der Waals surface area contributed by atoms with Crippen LogP contribution in [0.5, 0.6) is 0 Å². The lowest BCUT2D eigenvalue weighted by Gasteiger charge is -2.25. The number of alkyl halides is 2. The first-order valence-corrected chi connectivity index (χ1v) is 12.8. The number of hydrogen-bond acceptors (Lipinski definition) is 7. The zero-order valence-electron chi connectivity index (χ0n) is 21.4. The molecule has 1 saturated carbocycles. The fraction of sp³-hybridized carbons (Fsp3) is 0.357. The first kappa shape index (κ1) is 26.0. The van der Waals surface area contributed by atoms with Gasteiger partial charge in [-0.05, 0) is 42.0 Å². The van der Waals surface area contributed by atoms with Crippen LogP contribution >= 0.6 is 11.6 Å². The third-order valence-corrected chi connectivity index (χ3v) is 7.04. The maximum Gasteiger partial charge on any atom is 0.262 e. The highest BCUT2D eigenvalue weighted by Crippen LogP contribution is 2.47. The van der Waals surface area contributed by atoms with E-state index in [1.54, 1.807) is 30.9 Å². The fourth-order valence-corrected chi connectivity index (χ4v) is 4.73. The smallest absolute Gasteiger partial charge is 0.262 e. The van der Waals surface area contributed by atoms with Crippen LogP contribution in [0.25, 0.3) is 10.9 Å². The van der Waals surface area contributed by atoms with Gasteiger partial charge in [0.15, 0.2) is 0 Å². The summed E-state index contributed by atoms with van der Waals surface area (Å²) in [4.78, 5) is 8.77. The van der Waals surface area contributed by atoms with Crippen LogP contribution in [-0.4, -0.2) is 33.5 Å². The van der Waals surface area contributed by atoms with Crippen molar-refractivity contribution >= 4 is 33.9 Å². The van der Waals surface area contributed by atoms with Gasteiger partial charge >= 0.3 is 0 Å². The average Bonchev–Trinajstić information content (AvgIpc) is 3.56. The largest absolute Gasteiger partial charge is 0.383 e. The van der Waals surface area contributed by atoms with Gasteiger partial charge in [0, 0.05) is 42.4 Å². The van der Waals surface area contributed by atoms with Crippen LogP contribution < -0.4 is 21.6 Å². The summed E-state index contributed by atoms with van der Waals surface area (Å²) in [5, 5.41) is 9.72. The molecule has 1 aliphatic carbocycles. The zero-order valence-corrected chi connectivity index (χ0v) is 22.2. The highest BCUT2D eigenvalue weighted by atomic mass is 35.5. The van der Waals surface area contributed by atoms with Crippen molar-refractivity contribution in [2.24, 2.45) is 5.41 Å². The molecule has 5 rings (SSSR count). The molecule has 2 aliphatic rings. The highest BCUT2D eigenvalue weighted by molar-refractivity contribution is 6.35. The van der Waals surface area contributed by atoms with Crippen LogP contribution in [0.1, 0.15) is 50.8 Å². The first-order valence-electron chi connectivity index (χ1n) is 12.4. The Morgan fingerprint density at radius 2 is 2.05 bits per heavy atom. The highest BCUT2D eigenvalue weighted by Gasteiger charge is 2.56. The zero-order chi connectivity index (χ0) is 27.1. The van der Waals surface area contributed by atoms with Crippen molar-refractivity contribution in [3.63, 3.8) is 0 Å². The quantitative estimate of drug-likeness (QED) is 0.269. The van der Waals surface area contributed by atoms with Gasteiger partial charge in [-0.3, -0.25) is 15.0 Å². The Bertz CT molecular complexity index is 1410. The average molecular weight is 538 g/mol. The lowest BCUT2D eigenvalue weighted by atomic mass is 9.96. The van der Waals surface area contributed by atoms with E-state index in [0.29, 0.717) is 46.9 Å². The fourth-order valence-electron chi connectivity index (χ4n) is 4.46. The Hall–Kier alpha value is -3.61. The van der Waals surface area contributed by atoms with Crippen molar-refractivity contribution in [1.29, 1.82) is 0 Å². The van der Waals surface area contributed by atoms with Crippen molar-refractivity contribution in [2.75, 3.05) is 17.2 Å². The molecule has 0 radical (unpaired) electrons. The molecule has 3 aromatic rings. The van der Waals surface area contributed by atoms with E-state index in [1.807, 2.05) is 18.2 Å². The van der Waals surface area contributed by atoms with Crippen molar-refractivity contribution in [2.45, 2.75) is 51.6 Å². The predicted molar refractivity (Wildman–Crippen MR) is 147 cm³/mol. The summed E-state index contributed by atoms with van der Waals surface area (Å²) in [7, 11) is 0. The number of fused-ring (bicyclic) bond motifs is 1. The molecule has 0 saturated heterocycles. The maximum absolute atomic E-state index is 13.7. The van der Waals surface area contributed by atoms with Crippen LogP contribution in [0.3, 0.4) is 0 Å². The molecule has 38 heavy (non-hydrogen) atoms. The van der Waals surface area contributed by atoms with E-state index >= 15 is 0 Å². The third kappa shape index (κ3) is 5.06. The van der Waals surface area contributed by atoms with E-state index in [-0.39, 0.29) is 5.41 Å². The van der Waals surface area contributed by atoms with Crippen LogP contribution in [0, 0.1) is 17.8 Å². The summed E-state index contributed by atoms with van der Waals surface area (Å²) < 4.78 is 27.5. The second-order valence-corrected chi connectivity index (χ2v) is 11.3. The van der Waals surface area contributed by atoms with Gasteiger partial charge in [-0.25, -0.2) is 8.78 Å². The summed E-state index contributed by atoms with van der Waals surface area (Å²) in [5.41, 5.74) is 9.08. The number of aromatic nitrogens is 2. The van der Waals surface area contributed by atoms with Gasteiger partial charge in [-0.1, -0.05) is 44.4 Å². The van der Waals surface area contributed by atoms with E-state index in [1.165, 1.54) is 5.01 Å². The number of anilines is 2. The topological polar surface area (TPSA) is 77.1 Å². The molecule has 10 heteroatoms. The molecule has 1 atom stereocenters. The van der Waals surface area contributed by atoms with Gasteiger partial charge in [-0.2, -0.15) is 0 Å². The molecule has 7 nitrogen and oxygen atoms in total. The molecule has 1 fully saturated rings. The number of nitrogens with zero attached hydrogens (tertiary/aromatic N) is 3. The minimum atomic E-state index is -2.46. The molecule has 3 heterocycles. The number of benzene rings is 1. The minimum Gasteiger partial charge on any atom is -0.383 e. The first-order chi connectivity index (χ1) is 18.1. The molecule has 1 aromatic carbocycles. The number of hydrogen-bond donors (Lipinski definition) is 4. The van der Waals surface area contributed by atoms with Crippen LogP contribution in [0.15, 0.2) is 54.8 Å². The van der Waals surface area contributed by atoms with E-state index in [9.17, 15) is 8.78 Å². The normalized spacial score (nSPS) is 17.1. The molecule has 0 unspecified atom stereocenters. The molecule has 198 valence electrons. The van der Waals surface area contributed by atoms with Crippen LogP contribution in [0.4, 0.5) is 20.2 Å². The molecule has 0 spiro atoms. The monoisotopic (exact) mass is 537 g/mol. The van der Waals surface area contributed by atoms with Crippen molar-refractivity contribution in [1.82, 2.24) is 25.9 Å². The van der Waals surface area contributed by atoms with E-state index in [4.69, 9.17) is 18.0 Å². The summed E-state index contributed by atoms with van der Waals surface area (Å²) in [5.74, 6) is 2.72. The molecular weight excluding hydrogens is 508 g/mol. The van der Waals surface area contributed by atoms with E-state index in [0.717, 1.165) is 16.6 Å². The Balaban J connectivity index is 1.54. The number of halogens is 3. The molecule has 0 amide bonds. The standard InChI is InChI=1S/C28H30ClF2N7/c1-5-17-14-33-25-20(23(17)34-16-27(2,3)4)11-19(12-21(25)29)35-24(18-7-6-10-32-13-18)22-15-38(37-36-22)28(8-9-28)26(30)31/h1,6-7,10-15,24,26,35-37H,8-9,16H2,2-4H3,(H,33,34)/t24-/m0/s1. The van der Waals surface area contributed by atoms with Gasteiger partial charge < -0.3 is 16.1 Å².